The molecule has 0 spiro atoms. The lowest BCUT2D eigenvalue weighted by atomic mass is 10.3. The number of nitrogens with zero attached hydrogens (tertiary/aromatic N) is 2. The first-order chi connectivity index (χ1) is 8.08. The van der Waals surface area contributed by atoms with Crippen molar-refractivity contribution in [1.82, 2.24) is 0 Å². The minimum Gasteiger partial charge on any atom is -0.495 e. The van der Waals surface area contributed by atoms with E-state index in [0.717, 1.165) is 0 Å². The summed E-state index contributed by atoms with van der Waals surface area (Å²) < 4.78 is 5.07. The van der Waals surface area contributed by atoms with Crippen LogP contribution in [0.25, 0.3) is 0 Å². The van der Waals surface area contributed by atoms with Crippen molar-refractivity contribution in [3.8, 4) is 11.8 Å². The third-order valence-electron chi connectivity index (χ3n) is 1.81. The number of hydrogen-bond acceptors (Lipinski definition) is 5. The van der Waals surface area contributed by atoms with E-state index >= 15 is 0 Å². The van der Waals surface area contributed by atoms with Crippen molar-refractivity contribution in [1.29, 1.82) is 10.7 Å². The number of amidine groups is 1. The standard InChI is InChI=1S/C10H10ClN5O/c1-17-9-3-2-6(11)4-7(9)15-16-8(5-12)10(13)14/h2-4,15H,1H3,(H3,13,14)/b16-8+. The molecule has 0 fully saturated rings. The van der Waals surface area contributed by atoms with Gasteiger partial charge in [-0.1, -0.05) is 11.6 Å². The summed E-state index contributed by atoms with van der Waals surface area (Å²) >= 11 is 5.81. The number of anilines is 1. The minimum atomic E-state index is -0.416. The Bertz CT molecular complexity index is 506. The number of hydrazone groups is 1. The average molecular weight is 252 g/mol. The lowest BCUT2D eigenvalue weighted by Gasteiger charge is -2.07. The minimum absolute atomic E-state index is 0.216. The van der Waals surface area contributed by atoms with Gasteiger partial charge in [-0.25, -0.2) is 0 Å². The van der Waals surface area contributed by atoms with Gasteiger partial charge in [0.1, 0.15) is 11.8 Å². The topological polar surface area (TPSA) is 107 Å². The van der Waals surface area contributed by atoms with E-state index in [9.17, 15) is 0 Å². The van der Waals surface area contributed by atoms with Crippen LogP contribution in [-0.4, -0.2) is 18.7 Å². The molecule has 0 aliphatic carbocycles. The highest BCUT2D eigenvalue weighted by Crippen LogP contribution is 2.27. The Morgan fingerprint density at radius 3 is 2.88 bits per heavy atom. The molecule has 0 heterocycles. The SMILES string of the molecule is COc1ccc(Cl)cc1N/N=C(\C#N)C(=N)N. The Labute approximate surface area is 103 Å². The van der Waals surface area contributed by atoms with Crippen LogP contribution in [0.4, 0.5) is 5.69 Å². The van der Waals surface area contributed by atoms with Crippen LogP contribution in [0.5, 0.6) is 5.75 Å². The van der Waals surface area contributed by atoms with Gasteiger partial charge in [0.15, 0.2) is 5.84 Å². The zero-order chi connectivity index (χ0) is 12.8. The summed E-state index contributed by atoms with van der Waals surface area (Å²) in [7, 11) is 1.49. The number of nitriles is 1. The number of rotatable bonds is 4. The maximum atomic E-state index is 8.66. The lowest BCUT2D eigenvalue weighted by molar-refractivity contribution is 0.416. The molecular formula is C10H10ClN5O. The third kappa shape index (κ3) is 3.36. The van der Waals surface area contributed by atoms with Gasteiger partial charge in [-0.2, -0.15) is 10.4 Å². The summed E-state index contributed by atoms with van der Waals surface area (Å²) in [5.41, 5.74) is 7.98. The van der Waals surface area contributed by atoms with Gasteiger partial charge in [0.2, 0.25) is 5.71 Å². The first-order valence-corrected chi connectivity index (χ1v) is 4.88. The normalized spacial score (nSPS) is 10.5. The van der Waals surface area contributed by atoms with E-state index < -0.39 is 5.84 Å². The van der Waals surface area contributed by atoms with Crippen LogP contribution >= 0.6 is 11.6 Å². The molecule has 6 nitrogen and oxygen atoms in total. The molecule has 1 rings (SSSR count). The predicted octanol–water partition coefficient (Wildman–Crippen LogP) is 1.58. The van der Waals surface area contributed by atoms with Crippen LogP contribution < -0.4 is 15.9 Å². The van der Waals surface area contributed by atoms with Gasteiger partial charge in [-0.3, -0.25) is 10.8 Å². The van der Waals surface area contributed by atoms with Crippen LogP contribution in [0.3, 0.4) is 0 Å². The van der Waals surface area contributed by atoms with E-state index in [2.05, 4.69) is 10.5 Å². The van der Waals surface area contributed by atoms with Gasteiger partial charge in [0.25, 0.3) is 0 Å². The number of nitrogens with two attached hydrogens (primary N) is 1. The molecule has 4 N–H and O–H groups in total. The molecule has 17 heavy (non-hydrogen) atoms. The van der Waals surface area contributed by atoms with Gasteiger partial charge < -0.3 is 10.5 Å². The lowest BCUT2D eigenvalue weighted by Crippen LogP contribution is -2.21. The maximum Gasteiger partial charge on any atom is 0.201 e. The molecule has 88 valence electrons. The monoisotopic (exact) mass is 251 g/mol. The summed E-state index contributed by atoms with van der Waals surface area (Å²) in [6, 6.07) is 6.58. The second-order valence-electron chi connectivity index (χ2n) is 2.94. The van der Waals surface area contributed by atoms with Crippen molar-refractivity contribution < 1.29 is 4.74 Å². The largest absolute Gasteiger partial charge is 0.495 e. The van der Waals surface area contributed by atoms with E-state index in [4.69, 9.17) is 32.7 Å². The Morgan fingerprint density at radius 1 is 1.65 bits per heavy atom. The van der Waals surface area contributed by atoms with Crippen LogP contribution in [0.15, 0.2) is 23.3 Å². The van der Waals surface area contributed by atoms with Gasteiger partial charge in [-0.15, -0.1) is 0 Å². The van der Waals surface area contributed by atoms with Crippen molar-refractivity contribution in [2.75, 3.05) is 12.5 Å². The molecule has 0 saturated heterocycles. The number of methoxy groups -OCH3 is 1. The molecule has 0 aliphatic heterocycles. The summed E-state index contributed by atoms with van der Waals surface area (Å²) in [4.78, 5) is 0. The van der Waals surface area contributed by atoms with E-state index in [-0.39, 0.29) is 5.71 Å². The van der Waals surface area contributed by atoms with E-state index in [1.807, 2.05) is 0 Å². The first-order valence-electron chi connectivity index (χ1n) is 4.50. The third-order valence-corrected chi connectivity index (χ3v) is 2.05. The number of benzene rings is 1. The molecule has 0 aromatic heterocycles. The number of halogens is 1. The predicted molar refractivity (Wildman–Crippen MR) is 66.6 cm³/mol. The fraction of sp³-hybridized carbons (Fsp3) is 0.100. The number of nitrogens with one attached hydrogen (secondary N) is 2. The van der Waals surface area contributed by atoms with Crippen LogP contribution in [0.1, 0.15) is 0 Å². The van der Waals surface area contributed by atoms with Crippen LogP contribution in [-0.2, 0) is 0 Å². The molecule has 1 aromatic rings. The van der Waals surface area contributed by atoms with Crippen molar-refractivity contribution in [2.45, 2.75) is 0 Å². The molecule has 7 heteroatoms. The van der Waals surface area contributed by atoms with Crippen molar-refractivity contribution in [3.63, 3.8) is 0 Å². The number of ether oxygens (including phenoxy) is 1. The summed E-state index contributed by atoms with van der Waals surface area (Å²) in [6.07, 6.45) is 0. The Kier molecular flexibility index (Phi) is 4.31. The van der Waals surface area contributed by atoms with Crippen molar-refractivity contribution in [3.05, 3.63) is 23.2 Å². The molecule has 1 aromatic carbocycles. The Morgan fingerprint density at radius 2 is 2.35 bits per heavy atom. The zero-order valence-corrected chi connectivity index (χ0v) is 9.75. The van der Waals surface area contributed by atoms with Gasteiger partial charge in [-0.05, 0) is 18.2 Å². The highest BCUT2D eigenvalue weighted by atomic mass is 35.5. The van der Waals surface area contributed by atoms with Gasteiger partial charge >= 0.3 is 0 Å². The fourth-order valence-electron chi connectivity index (χ4n) is 1.03. The average Bonchev–Trinajstić information content (AvgIpc) is 2.29. The van der Waals surface area contributed by atoms with E-state index in [1.54, 1.807) is 24.3 Å². The highest BCUT2D eigenvalue weighted by molar-refractivity contribution is 6.45. The van der Waals surface area contributed by atoms with E-state index in [0.29, 0.717) is 16.5 Å². The molecule has 0 bridgehead atoms. The quantitative estimate of drug-likeness (QED) is 0.429. The molecule has 0 amide bonds. The second kappa shape index (κ2) is 5.72. The summed E-state index contributed by atoms with van der Waals surface area (Å²) in [6.45, 7) is 0. The summed E-state index contributed by atoms with van der Waals surface area (Å²) in [5, 5.41) is 19.9. The molecule has 0 saturated carbocycles. The van der Waals surface area contributed by atoms with Crippen LogP contribution in [0.2, 0.25) is 5.02 Å². The number of hydrogen-bond donors (Lipinski definition) is 3. The van der Waals surface area contributed by atoms with E-state index in [1.165, 1.54) is 7.11 Å². The molecule has 0 radical (unpaired) electrons. The maximum absolute atomic E-state index is 8.66. The Balaban J connectivity index is 2.99. The molecule has 0 atom stereocenters. The smallest absolute Gasteiger partial charge is 0.201 e. The van der Waals surface area contributed by atoms with Crippen molar-refractivity contribution in [2.24, 2.45) is 10.8 Å². The first kappa shape index (κ1) is 12.8. The van der Waals surface area contributed by atoms with Gasteiger partial charge in [0, 0.05) is 5.02 Å². The fourth-order valence-corrected chi connectivity index (χ4v) is 1.20. The van der Waals surface area contributed by atoms with Gasteiger partial charge in [0.05, 0.1) is 12.8 Å². The molecular weight excluding hydrogens is 242 g/mol. The Hall–Kier alpha value is -2.26. The second-order valence-corrected chi connectivity index (χ2v) is 3.38. The highest BCUT2D eigenvalue weighted by Gasteiger charge is 2.05. The summed E-state index contributed by atoms with van der Waals surface area (Å²) in [5.74, 6) is 0.0972. The molecule has 0 unspecified atom stereocenters. The molecule has 0 aliphatic rings. The zero-order valence-electron chi connectivity index (χ0n) is 8.99. The van der Waals surface area contributed by atoms with Crippen molar-refractivity contribution >= 4 is 28.8 Å². The van der Waals surface area contributed by atoms with Crippen LogP contribution in [0, 0.1) is 16.7 Å².